The zero-order chi connectivity index (χ0) is 14.8. The molecule has 0 bridgehead atoms. The molecule has 5 heteroatoms. The van der Waals surface area contributed by atoms with E-state index in [2.05, 4.69) is 16.8 Å². The lowest BCUT2D eigenvalue weighted by Gasteiger charge is -2.26. The van der Waals surface area contributed by atoms with Gasteiger partial charge in [-0.3, -0.25) is 4.90 Å². The summed E-state index contributed by atoms with van der Waals surface area (Å²) in [6, 6.07) is 0. The van der Waals surface area contributed by atoms with Gasteiger partial charge in [-0.25, -0.2) is 0 Å². The lowest BCUT2D eigenvalue weighted by atomic mass is 10.2. The van der Waals surface area contributed by atoms with Crippen LogP contribution in [0.5, 0.6) is 0 Å². The molecular formula is C15H26N2O3. The molecule has 0 spiro atoms. The van der Waals surface area contributed by atoms with Crippen LogP contribution in [0, 0.1) is 0 Å². The molecule has 1 aliphatic rings. The molecule has 0 atom stereocenters. The monoisotopic (exact) mass is 282 g/mol. The smallest absolute Gasteiger partial charge is 0.198 e. The minimum absolute atomic E-state index is 0.605. The van der Waals surface area contributed by atoms with Crippen molar-refractivity contribution in [1.29, 1.82) is 0 Å². The Balaban J connectivity index is 2.81. The Hall–Kier alpha value is -1.46. The van der Waals surface area contributed by atoms with Crippen LogP contribution in [0.3, 0.4) is 0 Å². The summed E-state index contributed by atoms with van der Waals surface area (Å²) < 4.78 is 16.2. The van der Waals surface area contributed by atoms with Crippen molar-refractivity contribution >= 4 is 0 Å². The van der Waals surface area contributed by atoms with Gasteiger partial charge in [0.15, 0.2) is 11.5 Å². The van der Waals surface area contributed by atoms with Crippen molar-refractivity contribution in [3.05, 3.63) is 36.0 Å². The summed E-state index contributed by atoms with van der Waals surface area (Å²) in [5.41, 5.74) is 0. The third-order valence-corrected chi connectivity index (χ3v) is 3.22. The van der Waals surface area contributed by atoms with Crippen molar-refractivity contribution in [3.63, 3.8) is 0 Å². The lowest BCUT2D eigenvalue weighted by Crippen LogP contribution is -2.43. The molecule has 0 aromatic heterocycles. The molecule has 1 fully saturated rings. The number of hydrogen-bond acceptors (Lipinski definition) is 5. The molecule has 0 aromatic rings. The van der Waals surface area contributed by atoms with Crippen LogP contribution in [0.4, 0.5) is 0 Å². The predicted octanol–water partition coefficient (Wildman–Crippen LogP) is 1.50. The Morgan fingerprint density at radius 2 is 1.85 bits per heavy atom. The molecule has 0 unspecified atom stereocenters. The van der Waals surface area contributed by atoms with E-state index in [0.29, 0.717) is 17.9 Å². The van der Waals surface area contributed by atoms with Crippen molar-refractivity contribution in [2.24, 2.45) is 0 Å². The SMILES string of the molecule is C=CC/C(OC)=C(OC)\C(=C\CN1CCNCC1)OC. The third-order valence-electron chi connectivity index (χ3n) is 3.22. The largest absolute Gasteiger partial charge is 0.497 e. The van der Waals surface area contributed by atoms with Crippen molar-refractivity contribution in [1.82, 2.24) is 10.2 Å². The second kappa shape index (κ2) is 9.44. The lowest BCUT2D eigenvalue weighted by molar-refractivity contribution is 0.180. The van der Waals surface area contributed by atoms with E-state index in [4.69, 9.17) is 14.2 Å². The van der Waals surface area contributed by atoms with E-state index in [1.54, 1.807) is 27.4 Å². The standard InChI is InChI=1S/C15H26N2O3/c1-5-6-13(18-2)15(20-4)14(19-3)7-10-17-11-8-16-9-12-17/h5,7,16H,1,6,8-12H2,2-4H3/b14-7-,15-13-. The summed E-state index contributed by atoms with van der Waals surface area (Å²) in [4.78, 5) is 2.36. The number of allylic oxidation sites excluding steroid dienone is 1. The summed E-state index contributed by atoms with van der Waals surface area (Å²) in [6.07, 6.45) is 4.42. The Morgan fingerprint density at radius 1 is 1.15 bits per heavy atom. The maximum atomic E-state index is 5.45. The first-order valence-corrected chi connectivity index (χ1v) is 6.86. The van der Waals surface area contributed by atoms with Gasteiger partial charge in [0.25, 0.3) is 0 Å². The highest BCUT2D eigenvalue weighted by Gasteiger charge is 2.15. The fraction of sp³-hybridized carbons (Fsp3) is 0.600. The maximum absolute atomic E-state index is 5.45. The molecule has 0 aromatic carbocycles. The summed E-state index contributed by atoms with van der Waals surface area (Å²) in [6.45, 7) is 8.71. The zero-order valence-corrected chi connectivity index (χ0v) is 12.8. The minimum Gasteiger partial charge on any atom is -0.497 e. The van der Waals surface area contributed by atoms with Crippen molar-refractivity contribution in [3.8, 4) is 0 Å². The van der Waals surface area contributed by atoms with E-state index in [1.165, 1.54) is 0 Å². The molecule has 1 rings (SSSR count). The van der Waals surface area contributed by atoms with Crippen LogP contribution < -0.4 is 5.32 Å². The Kier molecular flexibility index (Phi) is 7.84. The van der Waals surface area contributed by atoms with Crippen molar-refractivity contribution in [2.75, 3.05) is 54.1 Å². The van der Waals surface area contributed by atoms with Crippen LogP contribution in [0.2, 0.25) is 0 Å². The van der Waals surface area contributed by atoms with Crippen LogP contribution >= 0.6 is 0 Å². The van der Waals surface area contributed by atoms with Gasteiger partial charge in [-0.1, -0.05) is 6.08 Å². The number of nitrogens with zero attached hydrogens (tertiary/aromatic N) is 1. The normalized spacial score (nSPS) is 18.2. The molecule has 1 heterocycles. The summed E-state index contributed by atoms with van der Waals surface area (Å²) in [5.74, 6) is 2.05. The molecular weight excluding hydrogens is 256 g/mol. The topological polar surface area (TPSA) is 43.0 Å². The third kappa shape index (κ3) is 4.90. The second-order valence-electron chi connectivity index (χ2n) is 4.48. The van der Waals surface area contributed by atoms with Gasteiger partial charge in [0.2, 0.25) is 0 Å². The molecule has 114 valence electrons. The van der Waals surface area contributed by atoms with E-state index in [-0.39, 0.29) is 0 Å². The van der Waals surface area contributed by atoms with Crippen LogP contribution in [0.25, 0.3) is 0 Å². The Bertz CT molecular complexity index is 358. The summed E-state index contributed by atoms with van der Waals surface area (Å²) in [7, 11) is 4.89. The molecule has 1 saturated heterocycles. The number of methoxy groups -OCH3 is 3. The van der Waals surface area contributed by atoms with E-state index in [1.807, 2.05) is 6.08 Å². The van der Waals surface area contributed by atoms with E-state index < -0.39 is 0 Å². The minimum atomic E-state index is 0.605. The van der Waals surface area contributed by atoms with E-state index in [9.17, 15) is 0 Å². The molecule has 0 saturated carbocycles. The van der Waals surface area contributed by atoms with Gasteiger partial charge in [0.1, 0.15) is 5.76 Å². The number of ether oxygens (including phenoxy) is 3. The van der Waals surface area contributed by atoms with Crippen LogP contribution in [-0.4, -0.2) is 59.0 Å². The molecule has 1 aliphatic heterocycles. The van der Waals surface area contributed by atoms with Gasteiger partial charge in [0, 0.05) is 39.1 Å². The average Bonchev–Trinajstić information content (AvgIpc) is 2.50. The maximum Gasteiger partial charge on any atom is 0.198 e. The molecule has 5 nitrogen and oxygen atoms in total. The first-order chi connectivity index (χ1) is 9.76. The number of piperazine rings is 1. The summed E-state index contributed by atoms with van der Waals surface area (Å²) in [5, 5.41) is 3.34. The van der Waals surface area contributed by atoms with Gasteiger partial charge < -0.3 is 19.5 Å². The van der Waals surface area contributed by atoms with Crippen LogP contribution in [-0.2, 0) is 14.2 Å². The highest BCUT2D eigenvalue weighted by atomic mass is 16.5. The van der Waals surface area contributed by atoms with E-state index in [0.717, 1.165) is 38.5 Å². The van der Waals surface area contributed by atoms with Gasteiger partial charge >= 0.3 is 0 Å². The highest BCUT2D eigenvalue weighted by molar-refractivity contribution is 5.25. The highest BCUT2D eigenvalue weighted by Crippen LogP contribution is 2.20. The molecule has 0 aliphatic carbocycles. The number of hydrogen-bond donors (Lipinski definition) is 1. The Morgan fingerprint density at radius 3 is 2.35 bits per heavy atom. The van der Waals surface area contributed by atoms with Crippen LogP contribution in [0.15, 0.2) is 36.0 Å². The van der Waals surface area contributed by atoms with Crippen LogP contribution in [0.1, 0.15) is 6.42 Å². The van der Waals surface area contributed by atoms with Crippen molar-refractivity contribution in [2.45, 2.75) is 6.42 Å². The molecule has 0 amide bonds. The predicted molar refractivity (Wildman–Crippen MR) is 80.3 cm³/mol. The first-order valence-electron chi connectivity index (χ1n) is 6.86. The second-order valence-corrected chi connectivity index (χ2v) is 4.48. The molecule has 20 heavy (non-hydrogen) atoms. The Labute approximate surface area is 121 Å². The van der Waals surface area contributed by atoms with E-state index >= 15 is 0 Å². The fourth-order valence-electron chi connectivity index (χ4n) is 2.13. The number of rotatable bonds is 8. The molecule has 0 radical (unpaired) electrons. The van der Waals surface area contributed by atoms with Gasteiger partial charge in [0.05, 0.1) is 21.3 Å². The fourth-order valence-corrected chi connectivity index (χ4v) is 2.13. The van der Waals surface area contributed by atoms with Gasteiger partial charge in [-0.2, -0.15) is 0 Å². The zero-order valence-electron chi connectivity index (χ0n) is 12.8. The quantitative estimate of drug-likeness (QED) is 0.415. The van der Waals surface area contributed by atoms with Gasteiger partial charge in [-0.05, 0) is 6.08 Å². The van der Waals surface area contributed by atoms with Crippen molar-refractivity contribution < 1.29 is 14.2 Å². The molecule has 1 N–H and O–H groups in total. The number of nitrogens with one attached hydrogen (secondary N) is 1. The average molecular weight is 282 g/mol. The first kappa shape index (κ1) is 16.6. The summed E-state index contributed by atoms with van der Waals surface area (Å²) >= 11 is 0. The van der Waals surface area contributed by atoms with Gasteiger partial charge in [-0.15, -0.1) is 6.58 Å².